The van der Waals surface area contributed by atoms with Gasteiger partial charge in [-0.1, -0.05) is 54.1 Å². The fourth-order valence-corrected chi connectivity index (χ4v) is 2.61. The Morgan fingerprint density at radius 1 is 0.737 bits per heavy atom. The lowest BCUT2D eigenvalue weighted by Crippen LogP contribution is -1.72. The van der Waals surface area contributed by atoms with Crippen LogP contribution in [-0.4, -0.2) is 0 Å². The van der Waals surface area contributed by atoms with Gasteiger partial charge in [-0.3, -0.25) is 0 Å². The van der Waals surface area contributed by atoms with E-state index in [0.717, 1.165) is 0 Å². The van der Waals surface area contributed by atoms with Gasteiger partial charge in [0, 0.05) is 0 Å². The Morgan fingerprint density at radius 2 is 1.32 bits per heavy atom. The van der Waals surface area contributed by atoms with Gasteiger partial charge in [0.25, 0.3) is 0 Å². The first-order valence-electron chi connectivity index (χ1n) is 6.63. The second-order valence-electron chi connectivity index (χ2n) is 5.21. The zero-order valence-electron chi connectivity index (χ0n) is 10.9. The van der Waals surface area contributed by atoms with E-state index in [0.29, 0.717) is 0 Å². The van der Waals surface area contributed by atoms with Crippen LogP contribution in [0.3, 0.4) is 0 Å². The third-order valence-electron chi connectivity index (χ3n) is 3.79. The molecule has 0 fully saturated rings. The van der Waals surface area contributed by atoms with E-state index >= 15 is 0 Å². The quantitative estimate of drug-likeness (QED) is 0.438. The van der Waals surface area contributed by atoms with Gasteiger partial charge in [-0.15, -0.1) is 0 Å². The molecule has 19 heavy (non-hydrogen) atoms. The molecule has 0 aliphatic heterocycles. The van der Waals surface area contributed by atoms with Gasteiger partial charge in [-0.25, -0.2) is 0 Å². The van der Waals surface area contributed by atoms with Crippen molar-refractivity contribution in [3.63, 3.8) is 0 Å². The average molecular weight is 242 g/mol. The third-order valence-corrected chi connectivity index (χ3v) is 3.79. The van der Waals surface area contributed by atoms with Crippen molar-refractivity contribution in [2.45, 2.75) is 6.92 Å². The first-order chi connectivity index (χ1) is 9.31. The predicted octanol–water partition coefficient (Wildman–Crippen LogP) is 5.05. The van der Waals surface area contributed by atoms with Gasteiger partial charge in [-0.2, -0.15) is 0 Å². The fourth-order valence-electron chi connectivity index (χ4n) is 2.61. The minimum Gasteiger partial charge on any atom is -0.0616 e. The molecule has 0 nitrogen and oxygen atoms in total. The van der Waals surface area contributed by atoms with Gasteiger partial charge in [0.05, 0.1) is 0 Å². The molecule has 0 aromatic heterocycles. The van der Waals surface area contributed by atoms with Crippen LogP contribution in [0.4, 0.5) is 0 Å². The summed E-state index contributed by atoms with van der Waals surface area (Å²) >= 11 is 0. The van der Waals surface area contributed by atoms with Gasteiger partial charge in [-0.05, 0) is 58.2 Å². The molecule has 1 aliphatic rings. The predicted molar refractivity (Wildman–Crippen MR) is 82.1 cm³/mol. The number of fused-ring (bicyclic) bond motifs is 2. The Balaban J connectivity index is 1.78. The van der Waals surface area contributed by atoms with E-state index in [1.165, 1.54) is 38.6 Å². The molecule has 0 N–H and O–H groups in total. The molecule has 3 aromatic rings. The van der Waals surface area contributed by atoms with Crippen LogP contribution in [-0.2, 0) is 0 Å². The number of benzene rings is 3. The first kappa shape index (κ1) is 10.6. The molecule has 4 rings (SSSR count). The highest BCUT2D eigenvalue weighted by Crippen LogP contribution is 2.45. The Kier molecular flexibility index (Phi) is 2.13. The van der Waals surface area contributed by atoms with Crippen molar-refractivity contribution in [1.82, 2.24) is 0 Å². The summed E-state index contributed by atoms with van der Waals surface area (Å²) in [6, 6.07) is 21.8. The number of aryl methyl sites for hydroxylation is 1. The molecule has 0 saturated carbocycles. The molecule has 0 amide bonds. The maximum atomic E-state index is 2.30. The second kappa shape index (κ2) is 3.83. The van der Waals surface area contributed by atoms with Crippen LogP contribution in [0.15, 0.2) is 60.7 Å². The van der Waals surface area contributed by atoms with E-state index in [1.807, 2.05) is 0 Å². The lowest BCUT2D eigenvalue weighted by Gasteiger charge is -1.93. The maximum absolute atomic E-state index is 2.30. The number of rotatable bonds is 1. The average Bonchev–Trinajstić information content (AvgIpc) is 3.11. The molecule has 0 radical (unpaired) electrons. The molecule has 0 bridgehead atoms. The highest BCUT2D eigenvalue weighted by Gasteiger charge is 2.24. The first-order valence-corrected chi connectivity index (χ1v) is 6.63. The van der Waals surface area contributed by atoms with E-state index in [2.05, 4.69) is 73.7 Å². The van der Waals surface area contributed by atoms with Crippen molar-refractivity contribution >= 4 is 22.4 Å². The van der Waals surface area contributed by atoms with Crippen LogP contribution < -0.4 is 0 Å². The molecule has 3 aromatic carbocycles. The maximum Gasteiger partial charge on any atom is -0.00923 e. The molecule has 0 heterocycles. The Hall–Kier alpha value is -2.34. The van der Waals surface area contributed by atoms with Crippen LogP contribution in [0, 0.1) is 6.92 Å². The molecule has 0 atom stereocenters. The van der Waals surface area contributed by atoms with Crippen LogP contribution in [0.25, 0.3) is 22.4 Å². The van der Waals surface area contributed by atoms with Gasteiger partial charge < -0.3 is 0 Å². The molecule has 0 unspecified atom stereocenters. The van der Waals surface area contributed by atoms with Crippen molar-refractivity contribution in [2.24, 2.45) is 0 Å². The van der Waals surface area contributed by atoms with E-state index < -0.39 is 0 Å². The van der Waals surface area contributed by atoms with Crippen LogP contribution in [0.2, 0.25) is 0 Å². The zero-order valence-corrected chi connectivity index (χ0v) is 10.9. The summed E-state index contributed by atoms with van der Waals surface area (Å²) in [5.41, 5.74) is 6.78. The summed E-state index contributed by atoms with van der Waals surface area (Å²) in [6.07, 6.45) is 2.28. The van der Waals surface area contributed by atoms with Gasteiger partial charge in [0.15, 0.2) is 0 Å². The normalized spacial score (nSPS) is 12.4. The lowest BCUT2D eigenvalue weighted by molar-refractivity contribution is 1.46. The smallest absolute Gasteiger partial charge is 0.00923 e. The van der Waals surface area contributed by atoms with Crippen molar-refractivity contribution < 1.29 is 0 Å². The van der Waals surface area contributed by atoms with E-state index in [1.54, 1.807) is 0 Å². The summed E-state index contributed by atoms with van der Waals surface area (Å²) in [6.45, 7) is 2.12. The Morgan fingerprint density at radius 3 is 1.89 bits per heavy atom. The molecular formula is C19H14. The zero-order chi connectivity index (χ0) is 12.8. The summed E-state index contributed by atoms with van der Waals surface area (Å²) in [5.74, 6) is 0. The largest absolute Gasteiger partial charge is 0.0616 e. The van der Waals surface area contributed by atoms with Crippen LogP contribution in [0.5, 0.6) is 0 Å². The van der Waals surface area contributed by atoms with Crippen molar-refractivity contribution in [3.05, 3.63) is 82.9 Å². The van der Waals surface area contributed by atoms with E-state index in [-0.39, 0.29) is 0 Å². The van der Waals surface area contributed by atoms with Gasteiger partial charge in [0.1, 0.15) is 0 Å². The van der Waals surface area contributed by atoms with Gasteiger partial charge >= 0.3 is 0 Å². The summed E-state index contributed by atoms with van der Waals surface area (Å²) in [5, 5.41) is 2.65. The second-order valence-corrected chi connectivity index (χ2v) is 5.21. The Bertz CT molecular complexity index is 761. The van der Waals surface area contributed by atoms with Crippen LogP contribution >= 0.6 is 0 Å². The lowest BCUT2D eigenvalue weighted by atomic mass is 10.1. The summed E-state index contributed by atoms with van der Waals surface area (Å²) in [4.78, 5) is 0. The van der Waals surface area contributed by atoms with Gasteiger partial charge in [0.2, 0.25) is 0 Å². The van der Waals surface area contributed by atoms with Crippen molar-refractivity contribution in [1.29, 1.82) is 0 Å². The highest BCUT2D eigenvalue weighted by atomic mass is 14.3. The van der Waals surface area contributed by atoms with Crippen molar-refractivity contribution in [2.75, 3.05) is 0 Å². The SMILES string of the molecule is Cc1ccc(C=C2c3cc4ccccc4cc32)cc1. The molecule has 90 valence electrons. The Labute approximate surface area is 113 Å². The van der Waals surface area contributed by atoms with Crippen molar-refractivity contribution in [3.8, 4) is 0 Å². The third kappa shape index (κ3) is 1.77. The topological polar surface area (TPSA) is 0 Å². The standard InChI is InChI=1S/C19H14/c1-13-6-8-14(9-7-13)10-17-18-11-15-4-2-3-5-16(15)12-19(17)18/h2-12H,1H3. The van der Waals surface area contributed by atoms with E-state index in [4.69, 9.17) is 0 Å². The molecule has 1 aliphatic carbocycles. The molecule has 0 heteroatoms. The summed E-state index contributed by atoms with van der Waals surface area (Å²) < 4.78 is 0. The fraction of sp³-hybridized carbons (Fsp3) is 0.0526. The summed E-state index contributed by atoms with van der Waals surface area (Å²) in [7, 11) is 0. The molecule has 0 saturated heterocycles. The number of hydrogen-bond donors (Lipinski definition) is 0. The van der Waals surface area contributed by atoms with E-state index in [9.17, 15) is 0 Å². The minimum atomic E-state index is 1.28. The number of hydrogen-bond acceptors (Lipinski definition) is 0. The van der Waals surface area contributed by atoms with Crippen LogP contribution in [0.1, 0.15) is 22.3 Å². The highest BCUT2D eigenvalue weighted by molar-refractivity contribution is 6.11. The monoisotopic (exact) mass is 242 g/mol. The molecule has 0 spiro atoms. The molecular weight excluding hydrogens is 228 g/mol. The minimum absolute atomic E-state index is 1.28.